The summed E-state index contributed by atoms with van der Waals surface area (Å²) in [5.41, 5.74) is 1.99. The van der Waals surface area contributed by atoms with Gasteiger partial charge in [0.2, 0.25) is 0 Å². The number of hydrogen-bond donors (Lipinski definition) is 2. The average Bonchev–Trinajstić information content (AvgIpc) is 2.66. The van der Waals surface area contributed by atoms with Gasteiger partial charge in [0.05, 0.1) is 6.61 Å². The van der Waals surface area contributed by atoms with Crippen molar-refractivity contribution < 1.29 is 9.53 Å². The van der Waals surface area contributed by atoms with Gasteiger partial charge in [-0.1, -0.05) is 30.9 Å². The third-order valence-electron chi connectivity index (χ3n) is 4.96. The number of carbonyl (C=O) groups is 1. The van der Waals surface area contributed by atoms with E-state index >= 15 is 0 Å². The summed E-state index contributed by atoms with van der Waals surface area (Å²) in [7, 11) is 0. The molecule has 1 saturated carbocycles. The maximum atomic E-state index is 12.2. The molecule has 1 aromatic carbocycles. The van der Waals surface area contributed by atoms with Crippen LogP contribution in [0.15, 0.2) is 35.9 Å². The van der Waals surface area contributed by atoms with Crippen molar-refractivity contribution in [3.63, 3.8) is 0 Å². The Morgan fingerprint density at radius 1 is 1.16 bits per heavy atom. The van der Waals surface area contributed by atoms with Crippen LogP contribution in [-0.4, -0.2) is 32.1 Å². The van der Waals surface area contributed by atoms with Crippen molar-refractivity contribution in [2.45, 2.75) is 38.5 Å². The molecule has 2 aliphatic rings. The minimum atomic E-state index is -0.0201. The standard InChI is InChI=1S/C20H28N2O2.ClH/c23-20(22-14-16-10-12-21-13-11-16)18-6-8-19(9-7-18)24-15-17-4-2-1-3-5-17;/h6-10,17,21H,1-5,11-15H2,(H,22,23);1H. The summed E-state index contributed by atoms with van der Waals surface area (Å²) in [5.74, 6) is 1.53. The van der Waals surface area contributed by atoms with Crippen LogP contribution in [0.4, 0.5) is 0 Å². The first-order valence-electron chi connectivity index (χ1n) is 9.21. The highest BCUT2D eigenvalue weighted by Crippen LogP contribution is 2.24. The molecule has 0 atom stereocenters. The zero-order chi connectivity index (χ0) is 16.6. The Kier molecular flexibility index (Phi) is 8.29. The van der Waals surface area contributed by atoms with Gasteiger partial charge in [0.25, 0.3) is 5.91 Å². The predicted molar refractivity (Wildman–Crippen MR) is 104 cm³/mol. The van der Waals surface area contributed by atoms with E-state index in [-0.39, 0.29) is 18.3 Å². The van der Waals surface area contributed by atoms with E-state index in [0.29, 0.717) is 18.0 Å². The first-order chi connectivity index (χ1) is 11.8. The Bertz CT molecular complexity index is 566. The van der Waals surface area contributed by atoms with Crippen LogP contribution in [0.25, 0.3) is 0 Å². The Hall–Kier alpha value is -1.52. The van der Waals surface area contributed by atoms with Gasteiger partial charge in [0.1, 0.15) is 5.75 Å². The normalized spacial score (nSPS) is 18.0. The van der Waals surface area contributed by atoms with Crippen LogP contribution in [0, 0.1) is 5.92 Å². The fourth-order valence-electron chi connectivity index (χ4n) is 3.40. The number of hydrogen-bond acceptors (Lipinski definition) is 3. The quantitative estimate of drug-likeness (QED) is 0.756. The van der Waals surface area contributed by atoms with Crippen LogP contribution in [0.3, 0.4) is 0 Å². The lowest BCUT2D eigenvalue weighted by Gasteiger charge is -2.21. The molecule has 1 amide bonds. The SMILES string of the molecule is Cl.O=C(NCC1=CCNCC1)c1ccc(OCC2CCCCC2)cc1. The molecule has 138 valence electrons. The summed E-state index contributed by atoms with van der Waals surface area (Å²) in [6.45, 7) is 3.33. The molecule has 1 aromatic rings. The van der Waals surface area contributed by atoms with Crippen LogP contribution < -0.4 is 15.4 Å². The summed E-state index contributed by atoms with van der Waals surface area (Å²) in [6.07, 6.45) is 9.77. The van der Waals surface area contributed by atoms with E-state index in [1.165, 1.54) is 37.7 Å². The third-order valence-corrected chi connectivity index (χ3v) is 4.96. The second-order valence-electron chi connectivity index (χ2n) is 6.84. The van der Waals surface area contributed by atoms with Crippen LogP contribution in [-0.2, 0) is 0 Å². The van der Waals surface area contributed by atoms with E-state index in [4.69, 9.17) is 4.74 Å². The Morgan fingerprint density at radius 3 is 2.60 bits per heavy atom. The molecule has 25 heavy (non-hydrogen) atoms. The molecule has 1 fully saturated rings. The molecule has 0 aromatic heterocycles. The molecular weight excluding hydrogens is 336 g/mol. The number of halogens is 1. The number of ether oxygens (including phenoxy) is 1. The minimum absolute atomic E-state index is 0. The molecule has 1 heterocycles. The second kappa shape index (κ2) is 10.5. The largest absolute Gasteiger partial charge is 0.493 e. The average molecular weight is 365 g/mol. The lowest BCUT2D eigenvalue weighted by Crippen LogP contribution is -2.29. The minimum Gasteiger partial charge on any atom is -0.493 e. The van der Waals surface area contributed by atoms with Crippen LogP contribution >= 0.6 is 12.4 Å². The Balaban J connectivity index is 0.00000225. The topological polar surface area (TPSA) is 50.4 Å². The molecule has 2 N–H and O–H groups in total. The zero-order valence-electron chi connectivity index (χ0n) is 14.8. The van der Waals surface area contributed by atoms with E-state index in [1.54, 1.807) is 0 Å². The molecule has 4 nitrogen and oxygen atoms in total. The monoisotopic (exact) mass is 364 g/mol. The molecule has 0 spiro atoms. The summed E-state index contributed by atoms with van der Waals surface area (Å²) >= 11 is 0. The molecule has 5 heteroatoms. The molecule has 0 radical (unpaired) electrons. The van der Waals surface area contributed by atoms with Gasteiger partial charge in [-0.2, -0.15) is 0 Å². The Labute approximate surface area is 156 Å². The van der Waals surface area contributed by atoms with Gasteiger partial charge in [-0.15, -0.1) is 12.4 Å². The number of carbonyl (C=O) groups excluding carboxylic acids is 1. The summed E-state index contributed by atoms with van der Waals surface area (Å²) in [5, 5.41) is 6.27. The molecule has 3 rings (SSSR count). The van der Waals surface area contributed by atoms with Crippen LogP contribution in [0.5, 0.6) is 5.75 Å². The lowest BCUT2D eigenvalue weighted by atomic mass is 9.90. The molecule has 0 bridgehead atoms. The van der Waals surface area contributed by atoms with Gasteiger partial charge < -0.3 is 15.4 Å². The summed E-state index contributed by atoms with van der Waals surface area (Å²) in [6, 6.07) is 7.51. The number of rotatable bonds is 6. The van der Waals surface area contributed by atoms with Crippen molar-refractivity contribution >= 4 is 18.3 Å². The van der Waals surface area contributed by atoms with Crippen LogP contribution in [0.1, 0.15) is 48.9 Å². The smallest absolute Gasteiger partial charge is 0.251 e. The molecule has 1 aliphatic carbocycles. The highest BCUT2D eigenvalue weighted by molar-refractivity contribution is 5.94. The zero-order valence-corrected chi connectivity index (χ0v) is 15.6. The van der Waals surface area contributed by atoms with Gasteiger partial charge >= 0.3 is 0 Å². The van der Waals surface area contributed by atoms with Gasteiger partial charge in [-0.3, -0.25) is 4.79 Å². The van der Waals surface area contributed by atoms with Gasteiger partial charge in [0.15, 0.2) is 0 Å². The summed E-state index contributed by atoms with van der Waals surface area (Å²) in [4.78, 5) is 12.2. The number of nitrogens with one attached hydrogen (secondary N) is 2. The molecule has 0 saturated heterocycles. The fraction of sp³-hybridized carbons (Fsp3) is 0.550. The molecular formula is C20H29ClN2O2. The van der Waals surface area contributed by atoms with Crippen molar-refractivity contribution in [2.75, 3.05) is 26.2 Å². The second-order valence-corrected chi connectivity index (χ2v) is 6.84. The highest BCUT2D eigenvalue weighted by Gasteiger charge is 2.14. The fourth-order valence-corrected chi connectivity index (χ4v) is 3.40. The van der Waals surface area contributed by atoms with Crippen molar-refractivity contribution in [2.24, 2.45) is 5.92 Å². The predicted octanol–water partition coefficient (Wildman–Crippen LogP) is 3.72. The number of benzene rings is 1. The maximum absolute atomic E-state index is 12.2. The summed E-state index contributed by atoms with van der Waals surface area (Å²) < 4.78 is 5.89. The maximum Gasteiger partial charge on any atom is 0.251 e. The van der Waals surface area contributed by atoms with E-state index in [2.05, 4.69) is 16.7 Å². The van der Waals surface area contributed by atoms with E-state index in [1.807, 2.05) is 24.3 Å². The lowest BCUT2D eigenvalue weighted by molar-refractivity contribution is 0.0956. The van der Waals surface area contributed by atoms with Crippen molar-refractivity contribution in [3.8, 4) is 5.75 Å². The van der Waals surface area contributed by atoms with Crippen molar-refractivity contribution in [3.05, 3.63) is 41.5 Å². The van der Waals surface area contributed by atoms with Gasteiger partial charge in [0, 0.05) is 18.7 Å². The first kappa shape index (κ1) is 19.8. The van der Waals surface area contributed by atoms with Crippen LogP contribution in [0.2, 0.25) is 0 Å². The molecule has 0 unspecified atom stereocenters. The third kappa shape index (κ3) is 6.37. The Morgan fingerprint density at radius 2 is 1.92 bits per heavy atom. The van der Waals surface area contributed by atoms with E-state index < -0.39 is 0 Å². The first-order valence-corrected chi connectivity index (χ1v) is 9.21. The van der Waals surface area contributed by atoms with Crippen molar-refractivity contribution in [1.82, 2.24) is 10.6 Å². The van der Waals surface area contributed by atoms with E-state index in [9.17, 15) is 4.79 Å². The highest BCUT2D eigenvalue weighted by atomic mass is 35.5. The molecule has 1 aliphatic heterocycles. The van der Waals surface area contributed by atoms with E-state index in [0.717, 1.165) is 31.9 Å². The van der Waals surface area contributed by atoms with Gasteiger partial charge in [-0.05, 0) is 56.0 Å². The van der Waals surface area contributed by atoms with Gasteiger partial charge in [-0.25, -0.2) is 0 Å². The number of amides is 1. The van der Waals surface area contributed by atoms with Crippen molar-refractivity contribution in [1.29, 1.82) is 0 Å².